The van der Waals surface area contributed by atoms with Crippen molar-refractivity contribution in [1.29, 1.82) is 0 Å². The zero-order chi connectivity index (χ0) is 45.8. The summed E-state index contributed by atoms with van der Waals surface area (Å²) in [5.74, 6) is 0.635. The van der Waals surface area contributed by atoms with Crippen LogP contribution in [-0.4, -0.2) is 48.2 Å². The molecule has 66 heavy (non-hydrogen) atoms. The molecule has 0 bridgehead atoms. The summed E-state index contributed by atoms with van der Waals surface area (Å²) in [6.07, 6.45) is 25.3. The van der Waals surface area contributed by atoms with Crippen LogP contribution in [0.5, 0.6) is 0 Å². The van der Waals surface area contributed by atoms with Crippen molar-refractivity contribution in [1.82, 2.24) is 22.1 Å². The lowest BCUT2D eigenvalue weighted by Gasteiger charge is -2.25. The number of thiophene rings is 3. The summed E-state index contributed by atoms with van der Waals surface area (Å²) in [5.41, 5.74) is 12.1. The molecule has 6 heterocycles. The van der Waals surface area contributed by atoms with Crippen molar-refractivity contribution in [2.75, 3.05) is 36.0 Å². The third-order valence-corrected chi connectivity index (χ3v) is 18.7. The number of anilines is 2. The summed E-state index contributed by atoms with van der Waals surface area (Å²) in [6, 6.07) is 14.4. The molecule has 7 nitrogen and oxygen atoms in total. The van der Waals surface area contributed by atoms with E-state index in [0.29, 0.717) is 5.92 Å². The second-order valence-electron chi connectivity index (χ2n) is 18.8. The Labute approximate surface area is 415 Å². The highest BCUT2D eigenvalue weighted by atomic mass is 32.1. The first-order valence-corrected chi connectivity index (χ1v) is 29.9. The number of nitrogens with zero attached hydrogens (tertiary/aromatic N) is 7. The van der Waals surface area contributed by atoms with Crippen LogP contribution in [0.2, 0.25) is 0 Å². The lowest BCUT2D eigenvalue weighted by atomic mass is 9.99. The van der Waals surface area contributed by atoms with Crippen LogP contribution >= 0.6 is 57.5 Å². The van der Waals surface area contributed by atoms with Gasteiger partial charge in [0, 0.05) is 58.3 Å². The SMILES string of the molecule is CCCCCCN(CCCCCC)c1ccc(-c2cc3c(s2)c2sc4cc(-c5ccc(N(CCCCCC)CCCCCC)c6nsnc56)sc4c2n3CC(CC)CCCC)c2nsnc12. The Bertz CT molecular complexity index is 2700. The highest BCUT2D eigenvalue weighted by Gasteiger charge is 2.26. The van der Waals surface area contributed by atoms with E-state index in [2.05, 4.69) is 92.3 Å². The molecule has 8 aromatic rings. The molecule has 0 aliphatic rings. The second-order valence-corrected chi connectivity index (χ2v) is 23.1. The first kappa shape index (κ1) is 49.3. The molecule has 2 aromatic carbocycles. The minimum Gasteiger partial charge on any atom is -0.370 e. The molecule has 1 atom stereocenters. The van der Waals surface area contributed by atoms with Gasteiger partial charge in [0.15, 0.2) is 0 Å². The molecule has 0 saturated carbocycles. The average Bonchev–Trinajstić information content (AvgIpc) is 4.20. The number of hydrogen-bond acceptors (Lipinski definition) is 11. The number of benzene rings is 2. The van der Waals surface area contributed by atoms with Crippen molar-refractivity contribution < 1.29 is 0 Å². The molecule has 8 rings (SSSR count). The van der Waals surface area contributed by atoms with Gasteiger partial charge in [-0.3, -0.25) is 0 Å². The van der Waals surface area contributed by atoms with Crippen molar-refractivity contribution in [3.63, 3.8) is 0 Å². The minimum absolute atomic E-state index is 0.635. The van der Waals surface area contributed by atoms with Gasteiger partial charge in [-0.2, -0.15) is 17.5 Å². The Morgan fingerprint density at radius 1 is 0.485 bits per heavy atom. The number of aromatic nitrogens is 5. The molecule has 0 aliphatic carbocycles. The van der Waals surface area contributed by atoms with Gasteiger partial charge in [0.25, 0.3) is 0 Å². The summed E-state index contributed by atoms with van der Waals surface area (Å²) < 4.78 is 28.4. The summed E-state index contributed by atoms with van der Waals surface area (Å²) >= 11 is 8.66. The normalized spacial score (nSPS) is 12.6. The van der Waals surface area contributed by atoms with Crippen molar-refractivity contribution in [3.8, 4) is 20.9 Å². The van der Waals surface area contributed by atoms with Gasteiger partial charge in [-0.05, 0) is 74.4 Å². The van der Waals surface area contributed by atoms with E-state index < -0.39 is 0 Å². The van der Waals surface area contributed by atoms with Crippen LogP contribution in [0.25, 0.3) is 72.8 Å². The third kappa shape index (κ3) is 11.0. The lowest BCUT2D eigenvalue weighted by Crippen LogP contribution is -2.26. The smallest absolute Gasteiger partial charge is 0.128 e. The molecule has 0 aliphatic heterocycles. The van der Waals surface area contributed by atoms with Gasteiger partial charge in [-0.1, -0.05) is 138 Å². The first-order valence-electron chi connectivity index (χ1n) is 26.0. The van der Waals surface area contributed by atoms with Gasteiger partial charge in [-0.25, -0.2) is 0 Å². The van der Waals surface area contributed by atoms with E-state index in [1.54, 1.807) is 0 Å². The van der Waals surface area contributed by atoms with Gasteiger partial charge in [-0.15, -0.1) is 34.0 Å². The van der Waals surface area contributed by atoms with E-state index >= 15 is 0 Å². The van der Waals surface area contributed by atoms with E-state index in [9.17, 15) is 0 Å². The molecule has 0 saturated heterocycles. The molecular formula is C54H75N7S5. The number of unbranched alkanes of at least 4 members (excludes halogenated alkanes) is 13. The van der Waals surface area contributed by atoms with Crippen molar-refractivity contribution in [2.24, 2.45) is 5.92 Å². The standard InChI is InChI=1S/C54H75N7S5/c1-7-13-18-22-31-59(32-23-19-14-8-2)41-29-27-39(47-49(41)57-65-55-47)44-35-43-52(62-44)54-51(61(43)37-38(12-6)26-17-11-5)53-46(64-54)36-45(63-53)40-28-30-42(50-48(40)56-66-58-50)60(33-24-20-15-9-3)34-25-21-16-10-4/h27-30,35-36,38H,7-26,31-34,37H2,1-6H3. The predicted octanol–water partition coefficient (Wildman–Crippen LogP) is 18.6. The lowest BCUT2D eigenvalue weighted by molar-refractivity contribution is 0.401. The fourth-order valence-electron chi connectivity index (χ4n) is 10.0. The molecule has 0 amide bonds. The second kappa shape index (κ2) is 24.4. The maximum Gasteiger partial charge on any atom is 0.128 e. The van der Waals surface area contributed by atoms with E-state index in [-0.39, 0.29) is 0 Å². The van der Waals surface area contributed by atoms with Gasteiger partial charge in [0.2, 0.25) is 0 Å². The topological polar surface area (TPSA) is 63.0 Å². The molecule has 1 unspecified atom stereocenters. The minimum atomic E-state index is 0.635. The van der Waals surface area contributed by atoms with Crippen LogP contribution < -0.4 is 9.80 Å². The summed E-state index contributed by atoms with van der Waals surface area (Å²) in [5, 5.41) is 0. The molecule has 0 N–H and O–H groups in total. The van der Waals surface area contributed by atoms with Crippen molar-refractivity contribution in [3.05, 3.63) is 36.4 Å². The zero-order valence-corrected chi connectivity index (χ0v) is 45.0. The van der Waals surface area contributed by atoms with Gasteiger partial charge >= 0.3 is 0 Å². The predicted molar refractivity (Wildman–Crippen MR) is 298 cm³/mol. The first-order chi connectivity index (χ1) is 32.5. The van der Waals surface area contributed by atoms with E-state index in [1.807, 2.05) is 34.0 Å². The highest BCUT2D eigenvalue weighted by Crippen LogP contribution is 2.51. The molecule has 6 aromatic heterocycles. The maximum absolute atomic E-state index is 5.03. The summed E-state index contributed by atoms with van der Waals surface area (Å²) in [4.78, 5) is 7.85. The van der Waals surface area contributed by atoms with Crippen LogP contribution in [0.15, 0.2) is 36.4 Å². The van der Waals surface area contributed by atoms with Gasteiger partial charge < -0.3 is 14.4 Å². The van der Waals surface area contributed by atoms with Crippen molar-refractivity contribution in [2.45, 2.75) is 177 Å². The Hall–Kier alpha value is -3.16. The molecule has 356 valence electrons. The number of hydrogen-bond donors (Lipinski definition) is 0. The quantitative estimate of drug-likeness (QED) is 0.0418. The summed E-state index contributed by atoms with van der Waals surface area (Å²) in [6.45, 7) is 19.3. The Morgan fingerprint density at radius 3 is 1.44 bits per heavy atom. The Kier molecular flexibility index (Phi) is 18.2. The number of fused-ring (bicyclic) bond motifs is 7. The molecule has 0 spiro atoms. The molecule has 0 radical (unpaired) electrons. The van der Waals surface area contributed by atoms with Crippen LogP contribution in [0, 0.1) is 5.92 Å². The van der Waals surface area contributed by atoms with E-state index in [0.717, 1.165) is 54.8 Å². The number of rotatable bonds is 30. The van der Waals surface area contributed by atoms with Gasteiger partial charge in [0.05, 0.1) is 60.0 Å². The van der Waals surface area contributed by atoms with E-state index in [4.69, 9.17) is 17.5 Å². The zero-order valence-electron chi connectivity index (χ0n) is 40.9. The maximum atomic E-state index is 5.03. The van der Waals surface area contributed by atoms with Crippen LogP contribution in [0.1, 0.15) is 170 Å². The monoisotopic (exact) mass is 981 g/mol. The fraction of sp³-hybridized carbons (Fsp3) is 0.593. The average molecular weight is 983 g/mol. The molecular weight excluding hydrogens is 907 g/mol. The van der Waals surface area contributed by atoms with E-state index in [1.165, 1.54) is 214 Å². The van der Waals surface area contributed by atoms with Crippen LogP contribution in [-0.2, 0) is 6.54 Å². The Balaban J connectivity index is 1.16. The van der Waals surface area contributed by atoms with Crippen LogP contribution in [0.4, 0.5) is 11.4 Å². The van der Waals surface area contributed by atoms with Crippen LogP contribution in [0.3, 0.4) is 0 Å². The summed E-state index contributed by atoms with van der Waals surface area (Å²) in [7, 11) is 0. The fourth-order valence-corrected chi connectivity index (χ4v) is 15.1. The highest BCUT2D eigenvalue weighted by molar-refractivity contribution is 7.36. The third-order valence-electron chi connectivity index (χ3n) is 13.9. The van der Waals surface area contributed by atoms with Crippen molar-refractivity contribution >= 4 is 121 Å². The Morgan fingerprint density at radius 2 is 0.955 bits per heavy atom. The molecule has 12 heteroatoms. The molecule has 0 fully saturated rings. The van der Waals surface area contributed by atoms with Gasteiger partial charge in [0.1, 0.15) is 22.1 Å². The largest absolute Gasteiger partial charge is 0.370 e.